The molecule has 1 aromatic carbocycles. The van der Waals surface area contributed by atoms with Gasteiger partial charge in [0.1, 0.15) is 11.7 Å². The van der Waals surface area contributed by atoms with Gasteiger partial charge in [-0.25, -0.2) is 4.79 Å². The SMILES string of the molecule is NC(=S)C1(n2cnc([N+](=O)[O-])c2)CCCCC1COC(=O)c1ccccc1. The number of nitro groups is 1. The van der Waals surface area contributed by atoms with Gasteiger partial charge in [0.05, 0.1) is 17.2 Å². The molecule has 3 rings (SSSR count). The van der Waals surface area contributed by atoms with Crippen LogP contribution < -0.4 is 5.73 Å². The van der Waals surface area contributed by atoms with E-state index < -0.39 is 16.4 Å². The van der Waals surface area contributed by atoms with Crippen LogP contribution in [0.2, 0.25) is 0 Å². The van der Waals surface area contributed by atoms with E-state index in [1.54, 1.807) is 28.8 Å². The number of hydrogen-bond donors (Lipinski definition) is 1. The lowest BCUT2D eigenvalue weighted by atomic mass is 9.72. The van der Waals surface area contributed by atoms with Crippen molar-refractivity contribution in [1.29, 1.82) is 0 Å². The Morgan fingerprint density at radius 3 is 2.78 bits per heavy atom. The largest absolute Gasteiger partial charge is 0.462 e. The minimum absolute atomic E-state index is 0.122. The maximum atomic E-state index is 12.3. The number of thiocarbonyl (C=S) groups is 1. The van der Waals surface area contributed by atoms with E-state index in [2.05, 4.69) is 4.98 Å². The molecule has 27 heavy (non-hydrogen) atoms. The smallest absolute Gasteiger partial charge is 0.381 e. The highest BCUT2D eigenvalue weighted by molar-refractivity contribution is 7.80. The van der Waals surface area contributed by atoms with E-state index >= 15 is 0 Å². The van der Waals surface area contributed by atoms with Crippen LogP contribution in [0.25, 0.3) is 0 Å². The topological polar surface area (TPSA) is 113 Å². The highest BCUT2D eigenvalue weighted by Gasteiger charge is 2.46. The van der Waals surface area contributed by atoms with Crippen molar-refractivity contribution in [3.8, 4) is 0 Å². The van der Waals surface area contributed by atoms with E-state index in [0.717, 1.165) is 19.3 Å². The Kier molecular flexibility index (Phi) is 5.50. The van der Waals surface area contributed by atoms with Crippen LogP contribution in [0.15, 0.2) is 42.9 Å². The van der Waals surface area contributed by atoms with Crippen molar-refractivity contribution in [3.05, 3.63) is 58.5 Å². The van der Waals surface area contributed by atoms with Crippen molar-refractivity contribution in [2.75, 3.05) is 6.61 Å². The van der Waals surface area contributed by atoms with Crippen LogP contribution in [0.1, 0.15) is 36.0 Å². The molecule has 1 fully saturated rings. The summed E-state index contributed by atoms with van der Waals surface area (Å²) in [4.78, 5) is 26.8. The molecule has 1 aromatic heterocycles. The molecule has 2 N–H and O–H groups in total. The number of carbonyl (C=O) groups excluding carboxylic acids is 1. The van der Waals surface area contributed by atoms with E-state index in [9.17, 15) is 14.9 Å². The molecule has 1 saturated carbocycles. The lowest BCUT2D eigenvalue weighted by molar-refractivity contribution is -0.389. The van der Waals surface area contributed by atoms with E-state index in [0.29, 0.717) is 12.0 Å². The zero-order chi connectivity index (χ0) is 19.4. The fraction of sp³-hybridized carbons (Fsp3) is 0.389. The van der Waals surface area contributed by atoms with Gasteiger partial charge in [0.15, 0.2) is 0 Å². The Balaban J connectivity index is 1.85. The average molecular weight is 388 g/mol. The second-order valence-electron chi connectivity index (χ2n) is 6.59. The molecule has 0 spiro atoms. The number of hydrogen-bond acceptors (Lipinski definition) is 6. The van der Waals surface area contributed by atoms with Crippen LogP contribution >= 0.6 is 12.2 Å². The van der Waals surface area contributed by atoms with Gasteiger partial charge >= 0.3 is 11.8 Å². The number of aromatic nitrogens is 2. The number of benzene rings is 1. The maximum absolute atomic E-state index is 12.3. The quantitative estimate of drug-likeness (QED) is 0.350. The lowest BCUT2D eigenvalue weighted by Gasteiger charge is -2.43. The van der Waals surface area contributed by atoms with Gasteiger partial charge in [0.2, 0.25) is 6.33 Å². The Labute approximate surface area is 161 Å². The summed E-state index contributed by atoms with van der Waals surface area (Å²) in [6, 6.07) is 8.72. The summed E-state index contributed by atoms with van der Waals surface area (Å²) in [7, 11) is 0. The van der Waals surface area contributed by atoms with Crippen LogP contribution in [-0.2, 0) is 10.3 Å². The summed E-state index contributed by atoms with van der Waals surface area (Å²) in [5.74, 6) is -0.879. The van der Waals surface area contributed by atoms with Crippen LogP contribution in [-0.4, -0.2) is 32.0 Å². The van der Waals surface area contributed by atoms with Gasteiger partial charge in [-0.15, -0.1) is 0 Å². The Hall–Kier alpha value is -2.81. The molecular formula is C18H20N4O4S. The molecule has 2 unspecified atom stereocenters. The highest BCUT2D eigenvalue weighted by atomic mass is 32.1. The van der Waals surface area contributed by atoms with Crippen molar-refractivity contribution >= 4 is 29.0 Å². The summed E-state index contributed by atoms with van der Waals surface area (Å²) in [5.41, 5.74) is 5.72. The minimum Gasteiger partial charge on any atom is -0.462 e. The van der Waals surface area contributed by atoms with Crippen LogP contribution in [0, 0.1) is 16.0 Å². The molecule has 0 aliphatic heterocycles. The van der Waals surface area contributed by atoms with Crippen molar-refractivity contribution < 1.29 is 14.5 Å². The third-order valence-electron chi connectivity index (χ3n) is 5.10. The molecule has 8 nitrogen and oxygen atoms in total. The van der Waals surface area contributed by atoms with Gasteiger partial charge in [-0.1, -0.05) is 43.3 Å². The first kappa shape index (κ1) is 19.0. The average Bonchev–Trinajstić information content (AvgIpc) is 3.17. The molecule has 142 valence electrons. The predicted octanol–water partition coefficient (Wildman–Crippen LogP) is 2.82. The predicted molar refractivity (Wildman–Crippen MR) is 102 cm³/mol. The summed E-state index contributed by atoms with van der Waals surface area (Å²) in [6.07, 6.45) is 5.89. The van der Waals surface area contributed by atoms with Crippen LogP contribution in [0.4, 0.5) is 5.82 Å². The second-order valence-corrected chi connectivity index (χ2v) is 7.03. The summed E-state index contributed by atoms with van der Waals surface area (Å²) in [6.45, 7) is 0.122. The molecule has 1 heterocycles. The minimum atomic E-state index is -0.841. The van der Waals surface area contributed by atoms with Gasteiger partial charge < -0.3 is 20.6 Å². The molecule has 1 aliphatic rings. The van der Waals surface area contributed by atoms with Crippen molar-refractivity contribution in [2.45, 2.75) is 31.2 Å². The third kappa shape index (κ3) is 3.68. The molecular weight excluding hydrogens is 368 g/mol. The highest BCUT2D eigenvalue weighted by Crippen LogP contribution is 2.41. The second kappa shape index (κ2) is 7.83. The third-order valence-corrected chi connectivity index (χ3v) is 5.46. The van der Waals surface area contributed by atoms with E-state index in [1.807, 2.05) is 6.07 Å². The molecule has 1 aliphatic carbocycles. The Bertz CT molecular complexity index is 854. The summed E-state index contributed by atoms with van der Waals surface area (Å²) < 4.78 is 7.15. The first-order chi connectivity index (χ1) is 12.9. The molecule has 0 bridgehead atoms. The van der Waals surface area contributed by atoms with Crippen molar-refractivity contribution in [2.24, 2.45) is 11.7 Å². The normalized spacial score (nSPS) is 22.1. The lowest BCUT2D eigenvalue weighted by Crippen LogP contribution is -2.53. The van der Waals surface area contributed by atoms with Crippen LogP contribution in [0.5, 0.6) is 0 Å². The van der Waals surface area contributed by atoms with Gasteiger partial charge in [-0.2, -0.15) is 0 Å². The Morgan fingerprint density at radius 1 is 1.41 bits per heavy atom. The molecule has 0 amide bonds. The van der Waals surface area contributed by atoms with E-state index in [4.69, 9.17) is 22.7 Å². The molecule has 2 aromatic rings. The van der Waals surface area contributed by atoms with Crippen LogP contribution in [0.3, 0.4) is 0 Å². The van der Waals surface area contributed by atoms with E-state index in [-0.39, 0.29) is 23.3 Å². The summed E-state index contributed by atoms with van der Waals surface area (Å²) >= 11 is 5.35. The monoisotopic (exact) mass is 388 g/mol. The van der Waals surface area contributed by atoms with Gasteiger partial charge in [-0.05, 0) is 34.9 Å². The number of rotatable bonds is 6. The maximum Gasteiger partial charge on any atom is 0.381 e. The van der Waals surface area contributed by atoms with Gasteiger partial charge in [0, 0.05) is 5.92 Å². The number of imidazole rings is 1. The summed E-state index contributed by atoms with van der Waals surface area (Å²) in [5, 5.41) is 11.0. The van der Waals surface area contributed by atoms with Gasteiger partial charge in [0.25, 0.3) is 0 Å². The number of nitrogens with two attached hydrogens (primary N) is 1. The fourth-order valence-electron chi connectivity index (χ4n) is 3.70. The molecule has 2 atom stereocenters. The zero-order valence-corrected chi connectivity index (χ0v) is 15.4. The molecule has 0 radical (unpaired) electrons. The first-order valence-electron chi connectivity index (χ1n) is 8.66. The zero-order valence-electron chi connectivity index (χ0n) is 14.6. The van der Waals surface area contributed by atoms with Gasteiger partial charge in [-0.3, -0.25) is 4.57 Å². The molecule has 0 saturated heterocycles. The first-order valence-corrected chi connectivity index (χ1v) is 9.07. The number of ether oxygens (including phenoxy) is 1. The fourth-order valence-corrected chi connectivity index (χ4v) is 4.07. The number of nitrogens with zero attached hydrogens (tertiary/aromatic N) is 3. The van der Waals surface area contributed by atoms with Crippen molar-refractivity contribution in [3.63, 3.8) is 0 Å². The van der Waals surface area contributed by atoms with E-state index in [1.165, 1.54) is 12.5 Å². The molecule has 9 heteroatoms. The number of esters is 1. The van der Waals surface area contributed by atoms with Crippen molar-refractivity contribution in [1.82, 2.24) is 9.55 Å². The number of carbonyl (C=O) groups is 1. The standard InChI is InChI=1S/C18H20N4O4S/c19-17(27)18(21-10-15(20-12-21)22(24)25)9-5-4-8-14(18)11-26-16(23)13-6-2-1-3-7-13/h1-3,6-7,10,12,14H,4-5,8-9,11H2,(H2,19,27). The Morgan fingerprint density at radius 2 is 2.15 bits per heavy atom.